The van der Waals surface area contributed by atoms with Gasteiger partial charge in [-0.25, -0.2) is 4.79 Å². The van der Waals surface area contributed by atoms with E-state index >= 15 is 0 Å². The van der Waals surface area contributed by atoms with E-state index in [-0.39, 0.29) is 16.9 Å². The van der Waals surface area contributed by atoms with Crippen LogP contribution in [0, 0.1) is 10.1 Å². The Hall–Kier alpha value is -3.09. The van der Waals surface area contributed by atoms with Crippen LogP contribution in [0.25, 0.3) is 0 Å². The number of nitrogens with zero attached hydrogens (tertiary/aromatic N) is 1. The molecule has 0 bridgehead atoms. The Labute approximate surface area is 139 Å². The van der Waals surface area contributed by atoms with Gasteiger partial charge in [0.1, 0.15) is 11.4 Å². The quantitative estimate of drug-likeness (QED) is 0.427. The lowest BCUT2D eigenvalue weighted by molar-refractivity contribution is -0.383. The summed E-state index contributed by atoms with van der Waals surface area (Å²) in [4.78, 5) is 21.5. The molecule has 2 N–H and O–H groups in total. The van der Waals surface area contributed by atoms with Gasteiger partial charge in [0.25, 0.3) is 5.69 Å². The smallest absolute Gasteiger partial charge is 0.335 e. The minimum absolute atomic E-state index is 0.132. The van der Waals surface area contributed by atoms with Crippen LogP contribution in [0.5, 0.6) is 5.75 Å². The second-order valence-corrected chi connectivity index (χ2v) is 5.15. The zero-order valence-corrected chi connectivity index (χ0v) is 13.2. The molecular weight excluding hydrogens is 312 g/mol. The van der Waals surface area contributed by atoms with Crippen molar-refractivity contribution < 1.29 is 19.6 Å². The normalized spacial score (nSPS) is 10.2. The number of nitro benzene ring substituents is 1. The van der Waals surface area contributed by atoms with Gasteiger partial charge in [-0.05, 0) is 42.8 Å². The van der Waals surface area contributed by atoms with Crippen molar-refractivity contribution in [3.8, 4) is 5.75 Å². The zero-order chi connectivity index (χ0) is 17.5. The summed E-state index contributed by atoms with van der Waals surface area (Å²) in [5, 5.41) is 23.0. The maximum atomic E-state index is 11.1. The number of unbranched alkanes of at least 4 members (excludes halogenated alkanes) is 1. The molecule has 126 valence electrons. The largest absolute Gasteiger partial charge is 0.494 e. The van der Waals surface area contributed by atoms with Gasteiger partial charge in [-0.2, -0.15) is 0 Å². The van der Waals surface area contributed by atoms with Gasteiger partial charge in [-0.3, -0.25) is 10.1 Å². The van der Waals surface area contributed by atoms with Gasteiger partial charge in [0, 0.05) is 11.8 Å². The average molecular weight is 330 g/mol. The number of carbonyl (C=O) groups is 1. The summed E-state index contributed by atoms with van der Waals surface area (Å²) in [6, 6.07) is 10.8. The number of ether oxygens (including phenoxy) is 1. The van der Waals surface area contributed by atoms with Gasteiger partial charge in [0.05, 0.1) is 17.1 Å². The third-order valence-corrected chi connectivity index (χ3v) is 3.34. The zero-order valence-electron chi connectivity index (χ0n) is 13.2. The molecule has 0 aliphatic carbocycles. The molecule has 0 atom stereocenters. The summed E-state index contributed by atoms with van der Waals surface area (Å²) >= 11 is 0. The number of benzene rings is 2. The number of nitrogens with one attached hydrogen (secondary N) is 1. The van der Waals surface area contributed by atoms with E-state index in [1.54, 1.807) is 24.3 Å². The molecule has 2 aromatic carbocycles. The predicted molar refractivity (Wildman–Crippen MR) is 90.2 cm³/mol. The first-order chi connectivity index (χ1) is 11.5. The highest BCUT2D eigenvalue weighted by Crippen LogP contribution is 2.29. The van der Waals surface area contributed by atoms with E-state index in [9.17, 15) is 14.9 Å². The van der Waals surface area contributed by atoms with Crippen LogP contribution >= 0.6 is 0 Å². The number of anilines is 2. The fourth-order valence-corrected chi connectivity index (χ4v) is 2.05. The van der Waals surface area contributed by atoms with E-state index < -0.39 is 10.9 Å². The Morgan fingerprint density at radius 1 is 1.25 bits per heavy atom. The molecule has 0 heterocycles. The third kappa shape index (κ3) is 4.45. The van der Waals surface area contributed by atoms with E-state index in [2.05, 4.69) is 12.2 Å². The fraction of sp³-hybridized carbons (Fsp3) is 0.235. The first-order valence-electron chi connectivity index (χ1n) is 7.53. The number of aromatic carboxylic acids is 1. The molecule has 0 unspecified atom stereocenters. The molecule has 0 saturated heterocycles. The highest BCUT2D eigenvalue weighted by atomic mass is 16.6. The monoisotopic (exact) mass is 330 g/mol. The minimum atomic E-state index is -1.21. The molecule has 7 heteroatoms. The maximum Gasteiger partial charge on any atom is 0.335 e. The van der Waals surface area contributed by atoms with Crippen LogP contribution in [-0.4, -0.2) is 22.6 Å². The Kier molecular flexibility index (Phi) is 5.73. The first-order valence-corrected chi connectivity index (χ1v) is 7.53. The van der Waals surface area contributed by atoms with Crippen molar-refractivity contribution in [3.63, 3.8) is 0 Å². The molecular formula is C17H18N2O5. The van der Waals surface area contributed by atoms with Crippen molar-refractivity contribution in [1.29, 1.82) is 0 Å². The van der Waals surface area contributed by atoms with E-state index in [0.29, 0.717) is 12.3 Å². The highest BCUT2D eigenvalue weighted by molar-refractivity contribution is 5.90. The lowest BCUT2D eigenvalue weighted by Gasteiger charge is -2.09. The average Bonchev–Trinajstić information content (AvgIpc) is 2.56. The molecule has 0 amide bonds. The Morgan fingerprint density at radius 3 is 2.54 bits per heavy atom. The molecule has 0 aliphatic heterocycles. The lowest BCUT2D eigenvalue weighted by atomic mass is 10.1. The first kappa shape index (κ1) is 17.3. The molecule has 0 spiro atoms. The van der Waals surface area contributed by atoms with Crippen molar-refractivity contribution in [2.75, 3.05) is 11.9 Å². The summed E-state index contributed by atoms with van der Waals surface area (Å²) in [5.74, 6) is -0.483. The van der Waals surface area contributed by atoms with Crippen LogP contribution in [0.4, 0.5) is 17.1 Å². The summed E-state index contributed by atoms with van der Waals surface area (Å²) in [6.07, 6.45) is 2.03. The number of rotatable bonds is 8. The standard InChI is InChI=1S/C17H18N2O5/c1-2-3-10-24-14-7-5-13(6-8-14)18-15-9-4-12(17(20)21)11-16(15)19(22)23/h4-9,11,18H,2-3,10H2,1H3,(H,20,21). The molecule has 24 heavy (non-hydrogen) atoms. The molecule has 0 aromatic heterocycles. The summed E-state index contributed by atoms with van der Waals surface area (Å²) in [5.41, 5.74) is 0.443. The highest BCUT2D eigenvalue weighted by Gasteiger charge is 2.17. The summed E-state index contributed by atoms with van der Waals surface area (Å²) in [6.45, 7) is 2.73. The topological polar surface area (TPSA) is 102 Å². The van der Waals surface area contributed by atoms with Gasteiger partial charge in [0.2, 0.25) is 0 Å². The second kappa shape index (κ2) is 7.96. The Balaban J connectivity index is 2.15. The second-order valence-electron chi connectivity index (χ2n) is 5.15. The number of carboxylic acid groups (broad SMARTS) is 1. The van der Waals surface area contributed by atoms with Crippen molar-refractivity contribution in [2.45, 2.75) is 19.8 Å². The van der Waals surface area contributed by atoms with Crippen molar-refractivity contribution in [2.24, 2.45) is 0 Å². The van der Waals surface area contributed by atoms with E-state index in [0.717, 1.165) is 24.7 Å². The summed E-state index contributed by atoms with van der Waals surface area (Å²) < 4.78 is 5.55. The Morgan fingerprint density at radius 2 is 1.96 bits per heavy atom. The van der Waals surface area contributed by atoms with E-state index in [1.807, 2.05) is 0 Å². The molecule has 2 aromatic rings. The van der Waals surface area contributed by atoms with E-state index in [4.69, 9.17) is 9.84 Å². The van der Waals surface area contributed by atoms with Crippen LogP contribution in [-0.2, 0) is 0 Å². The molecule has 0 radical (unpaired) electrons. The molecule has 0 fully saturated rings. The van der Waals surface area contributed by atoms with Crippen LogP contribution in [0.2, 0.25) is 0 Å². The SMILES string of the molecule is CCCCOc1ccc(Nc2ccc(C(=O)O)cc2[N+](=O)[O-])cc1. The van der Waals surface area contributed by atoms with Crippen LogP contribution < -0.4 is 10.1 Å². The Bertz CT molecular complexity index is 728. The van der Waals surface area contributed by atoms with Gasteiger partial charge < -0.3 is 15.2 Å². The maximum absolute atomic E-state index is 11.1. The van der Waals surface area contributed by atoms with Gasteiger partial charge >= 0.3 is 5.97 Å². The number of hydrogen-bond donors (Lipinski definition) is 2. The lowest BCUT2D eigenvalue weighted by Crippen LogP contribution is -2.02. The van der Waals surface area contributed by atoms with Gasteiger partial charge in [-0.15, -0.1) is 0 Å². The van der Waals surface area contributed by atoms with Crippen molar-refractivity contribution in [1.82, 2.24) is 0 Å². The molecule has 0 aliphatic rings. The number of nitro groups is 1. The van der Waals surface area contributed by atoms with Crippen LogP contribution in [0.15, 0.2) is 42.5 Å². The van der Waals surface area contributed by atoms with E-state index in [1.165, 1.54) is 12.1 Å². The molecule has 7 nitrogen and oxygen atoms in total. The minimum Gasteiger partial charge on any atom is -0.494 e. The van der Waals surface area contributed by atoms with Crippen LogP contribution in [0.1, 0.15) is 30.1 Å². The molecule has 2 rings (SSSR count). The summed E-state index contributed by atoms with van der Waals surface area (Å²) in [7, 11) is 0. The van der Waals surface area contributed by atoms with Crippen LogP contribution in [0.3, 0.4) is 0 Å². The van der Waals surface area contributed by atoms with Gasteiger partial charge in [-0.1, -0.05) is 13.3 Å². The fourth-order valence-electron chi connectivity index (χ4n) is 2.05. The number of hydrogen-bond acceptors (Lipinski definition) is 5. The van der Waals surface area contributed by atoms with Gasteiger partial charge in [0.15, 0.2) is 0 Å². The molecule has 0 saturated carbocycles. The van der Waals surface area contributed by atoms with Crippen molar-refractivity contribution >= 4 is 23.0 Å². The van der Waals surface area contributed by atoms with Crippen molar-refractivity contribution in [3.05, 3.63) is 58.1 Å². The predicted octanol–water partition coefficient (Wildman–Crippen LogP) is 4.22. The number of carboxylic acids is 1. The third-order valence-electron chi connectivity index (χ3n) is 3.34.